The molecule has 3 N–H and O–H groups in total. The van der Waals surface area contributed by atoms with Crippen molar-refractivity contribution in [3.63, 3.8) is 0 Å². The van der Waals surface area contributed by atoms with E-state index < -0.39 is 16.1 Å². The standard InChI is InChI=1S/C14H21N3O6S/c1-21-13-4-3-10(7-12(13)17-24(2,19)20)16-14(18)15-8-11-9-22-5-6-23-11/h3-4,7,11,17H,5-6,8-9H2,1-2H3,(H2,15,16,18)/t11-/m1/s1. The van der Waals surface area contributed by atoms with E-state index in [9.17, 15) is 13.2 Å². The molecule has 9 nitrogen and oxygen atoms in total. The van der Waals surface area contributed by atoms with Crippen LogP contribution in [0.25, 0.3) is 0 Å². The van der Waals surface area contributed by atoms with Crippen molar-refractivity contribution < 1.29 is 27.4 Å². The summed E-state index contributed by atoms with van der Waals surface area (Å²) in [6, 6.07) is 4.20. The van der Waals surface area contributed by atoms with E-state index in [0.717, 1.165) is 6.26 Å². The Hall–Kier alpha value is -2.04. The van der Waals surface area contributed by atoms with Gasteiger partial charge in [-0.3, -0.25) is 4.72 Å². The van der Waals surface area contributed by atoms with E-state index in [1.165, 1.54) is 13.2 Å². The lowest BCUT2D eigenvalue weighted by Crippen LogP contribution is -2.41. The molecule has 0 aromatic heterocycles. The fourth-order valence-corrected chi connectivity index (χ4v) is 2.66. The molecule has 0 aliphatic carbocycles. The summed E-state index contributed by atoms with van der Waals surface area (Å²) in [5.74, 6) is 0.346. The Morgan fingerprint density at radius 3 is 2.79 bits per heavy atom. The Morgan fingerprint density at radius 2 is 2.17 bits per heavy atom. The second-order valence-electron chi connectivity index (χ2n) is 5.19. The first-order chi connectivity index (χ1) is 11.4. The highest BCUT2D eigenvalue weighted by atomic mass is 32.2. The lowest BCUT2D eigenvalue weighted by molar-refractivity contribution is -0.0852. The van der Waals surface area contributed by atoms with E-state index >= 15 is 0 Å². The van der Waals surface area contributed by atoms with Crippen LogP contribution >= 0.6 is 0 Å². The fraction of sp³-hybridized carbons (Fsp3) is 0.500. The third-order valence-corrected chi connectivity index (χ3v) is 3.72. The van der Waals surface area contributed by atoms with E-state index in [1.807, 2.05) is 0 Å². The van der Waals surface area contributed by atoms with Gasteiger partial charge < -0.3 is 24.8 Å². The molecule has 1 atom stereocenters. The molecule has 2 rings (SSSR count). The van der Waals surface area contributed by atoms with Gasteiger partial charge in [0, 0.05) is 12.2 Å². The zero-order chi connectivity index (χ0) is 17.6. The molecule has 0 bridgehead atoms. The van der Waals surface area contributed by atoms with Crippen LogP contribution in [0.15, 0.2) is 18.2 Å². The normalized spacial score (nSPS) is 17.8. The minimum Gasteiger partial charge on any atom is -0.495 e. The first-order valence-electron chi connectivity index (χ1n) is 7.27. The van der Waals surface area contributed by atoms with Gasteiger partial charge in [0.1, 0.15) is 5.75 Å². The van der Waals surface area contributed by atoms with E-state index in [2.05, 4.69) is 15.4 Å². The molecule has 1 heterocycles. The monoisotopic (exact) mass is 359 g/mol. The Bertz CT molecular complexity index is 673. The highest BCUT2D eigenvalue weighted by Gasteiger charge is 2.15. The smallest absolute Gasteiger partial charge is 0.319 e. The number of rotatable bonds is 6. The second-order valence-corrected chi connectivity index (χ2v) is 6.94. The SMILES string of the molecule is COc1ccc(NC(=O)NC[C@@H]2COCCO2)cc1NS(C)(=O)=O. The number of carbonyl (C=O) groups is 1. The fourth-order valence-electron chi connectivity index (χ4n) is 2.10. The Kier molecular flexibility index (Phi) is 6.23. The van der Waals surface area contributed by atoms with E-state index in [-0.39, 0.29) is 11.8 Å². The quantitative estimate of drug-likeness (QED) is 0.685. The molecule has 0 spiro atoms. The second kappa shape index (κ2) is 8.18. The number of methoxy groups -OCH3 is 1. The number of nitrogens with one attached hydrogen (secondary N) is 3. The van der Waals surface area contributed by atoms with Crippen LogP contribution in [-0.4, -0.2) is 60.3 Å². The number of urea groups is 1. The summed E-state index contributed by atoms with van der Waals surface area (Å²) in [5, 5.41) is 5.29. The predicted octanol–water partition coefficient (Wildman–Crippen LogP) is 0.604. The van der Waals surface area contributed by atoms with Gasteiger partial charge in [-0.25, -0.2) is 13.2 Å². The van der Waals surface area contributed by atoms with Crippen molar-refractivity contribution in [2.45, 2.75) is 6.10 Å². The van der Waals surface area contributed by atoms with Crippen LogP contribution in [0.3, 0.4) is 0 Å². The Balaban J connectivity index is 1.95. The highest BCUT2D eigenvalue weighted by molar-refractivity contribution is 7.92. The molecular weight excluding hydrogens is 338 g/mol. The molecule has 0 radical (unpaired) electrons. The third kappa shape index (κ3) is 5.87. The minimum absolute atomic E-state index is 0.178. The Labute approximate surface area is 140 Å². The van der Waals surface area contributed by atoms with Crippen molar-refractivity contribution in [2.75, 3.05) is 49.8 Å². The molecular formula is C14H21N3O6S. The van der Waals surface area contributed by atoms with Gasteiger partial charge in [0.15, 0.2) is 0 Å². The van der Waals surface area contributed by atoms with Crippen LogP contribution in [0.1, 0.15) is 0 Å². The summed E-state index contributed by atoms with van der Waals surface area (Å²) < 4.78 is 40.9. The van der Waals surface area contributed by atoms with Crippen LogP contribution in [0.4, 0.5) is 16.2 Å². The number of anilines is 2. The van der Waals surface area contributed by atoms with E-state index in [0.29, 0.717) is 37.8 Å². The van der Waals surface area contributed by atoms with E-state index in [4.69, 9.17) is 14.2 Å². The molecule has 1 saturated heterocycles. The van der Waals surface area contributed by atoms with Crippen molar-refractivity contribution in [1.82, 2.24) is 5.32 Å². The van der Waals surface area contributed by atoms with E-state index in [1.54, 1.807) is 12.1 Å². The zero-order valence-corrected chi connectivity index (χ0v) is 14.3. The maximum absolute atomic E-state index is 11.9. The van der Waals surface area contributed by atoms with Gasteiger partial charge in [0.2, 0.25) is 10.0 Å². The molecule has 1 aromatic carbocycles. The summed E-state index contributed by atoms with van der Waals surface area (Å²) in [4.78, 5) is 11.9. The van der Waals surface area contributed by atoms with Gasteiger partial charge in [-0.15, -0.1) is 0 Å². The van der Waals surface area contributed by atoms with Gasteiger partial charge in [0.05, 0.1) is 45.0 Å². The number of benzene rings is 1. The average Bonchev–Trinajstić information content (AvgIpc) is 2.53. The molecule has 1 aliphatic heterocycles. The molecule has 10 heteroatoms. The first-order valence-corrected chi connectivity index (χ1v) is 9.16. The number of ether oxygens (including phenoxy) is 3. The lowest BCUT2D eigenvalue weighted by atomic mass is 10.2. The molecule has 134 valence electrons. The molecule has 0 saturated carbocycles. The first kappa shape index (κ1) is 18.3. The van der Waals surface area contributed by atoms with Crippen LogP contribution in [-0.2, 0) is 19.5 Å². The molecule has 24 heavy (non-hydrogen) atoms. The average molecular weight is 359 g/mol. The summed E-state index contributed by atoms with van der Waals surface area (Å²) in [7, 11) is -2.04. The van der Waals surface area contributed by atoms with Gasteiger partial charge in [-0.05, 0) is 18.2 Å². The third-order valence-electron chi connectivity index (χ3n) is 3.13. The van der Waals surface area contributed by atoms with Gasteiger partial charge >= 0.3 is 6.03 Å². The van der Waals surface area contributed by atoms with Crippen molar-refractivity contribution in [3.8, 4) is 5.75 Å². The minimum atomic E-state index is -3.47. The maximum Gasteiger partial charge on any atom is 0.319 e. The van der Waals surface area contributed by atoms with Crippen LogP contribution in [0, 0.1) is 0 Å². The Morgan fingerprint density at radius 1 is 1.38 bits per heavy atom. The largest absolute Gasteiger partial charge is 0.495 e. The summed E-state index contributed by atoms with van der Waals surface area (Å²) in [6.45, 7) is 1.82. The topological polar surface area (TPSA) is 115 Å². The molecule has 1 aliphatic rings. The maximum atomic E-state index is 11.9. The number of hydrogen-bond donors (Lipinski definition) is 3. The summed E-state index contributed by atoms with van der Waals surface area (Å²) >= 11 is 0. The van der Waals surface area contributed by atoms with Crippen LogP contribution in [0.2, 0.25) is 0 Å². The summed E-state index contributed by atoms with van der Waals surface area (Å²) in [6.07, 6.45) is 0.855. The molecule has 1 fully saturated rings. The number of hydrogen-bond acceptors (Lipinski definition) is 6. The number of amides is 2. The predicted molar refractivity (Wildman–Crippen MR) is 89.0 cm³/mol. The van der Waals surface area contributed by atoms with Crippen molar-refractivity contribution in [1.29, 1.82) is 0 Å². The van der Waals surface area contributed by atoms with Gasteiger partial charge in [-0.2, -0.15) is 0 Å². The van der Waals surface area contributed by atoms with Gasteiger partial charge in [-0.1, -0.05) is 0 Å². The van der Waals surface area contributed by atoms with Gasteiger partial charge in [0.25, 0.3) is 0 Å². The highest BCUT2D eigenvalue weighted by Crippen LogP contribution is 2.28. The number of carbonyl (C=O) groups excluding carboxylic acids is 1. The summed E-state index contributed by atoms with van der Waals surface area (Å²) in [5.41, 5.74) is 0.655. The van der Waals surface area contributed by atoms with Crippen LogP contribution < -0.4 is 20.1 Å². The number of sulfonamides is 1. The lowest BCUT2D eigenvalue weighted by Gasteiger charge is -2.23. The van der Waals surface area contributed by atoms with Crippen LogP contribution in [0.5, 0.6) is 5.75 Å². The zero-order valence-electron chi connectivity index (χ0n) is 13.5. The molecule has 1 aromatic rings. The molecule has 2 amide bonds. The molecule has 0 unspecified atom stereocenters. The van der Waals surface area contributed by atoms with Crippen molar-refractivity contribution >= 4 is 27.4 Å². The van der Waals surface area contributed by atoms with Crippen molar-refractivity contribution in [2.24, 2.45) is 0 Å². The van der Waals surface area contributed by atoms with Crippen molar-refractivity contribution in [3.05, 3.63) is 18.2 Å².